The van der Waals surface area contributed by atoms with E-state index in [-0.39, 0.29) is 5.91 Å². The normalized spacial score (nSPS) is 16.5. The van der Waals surface area contributed by atoms with E-state index in [1.54, 1.807) is 17.8 Å². The number of amides is 1. The Kier molecular flexibility index (Phi) is 6.63. The van der Waals surface area contributed by atoms with E-state index in [1.807, 2.05) is 25.4 Å². The minimum Gasteiger partial charge on any atom is -0.381 e. The number of hydrogen-bond donors (Lipinski definition) is 2. The van der Waals surface area contributed by atoms with Gasteiger partial charge in [0.1, 0.15) is 23.2 Å². The van der Waals surface area contributed by atoms with Gasteiger partial charge in [-0.1, -0.05) is 0 Å². The summed E-state index contributed by atoms with van der Waals surface area (Å²) in [4.78, 5) is 21.8. The average molecular weight is 480 g/mol. The SMILES string of the molecule is CNC(=O)c1cnn2c(NC)cc(-c3cn(C4CCOCC4)c4ncccc34)nc12.FC1CCC1. The lowest BCUT2D eigenvalue weighted by molar-refractivity contribution is 0.0706. The van der Waals surface area contributed by atoms with Crippen LogP contribution in [0.1, 0.15) is 48.5 Å². The zero-order chi connectivity index (χ0) is 24.4. The van der Waals surface area contributed by atoms with E-state index in [2.05, 4.69) is 37.5 Å². The number of nitrogens with zero attached hydrogens (tertiary/aromatic N) is 5. The highest BCUT2D eigenvalue weighted by molar-refractivity contribution is 6.00. The molecule has 0 atom stereocenters. The van der Waals surface area contributed by atoms with Crippen LogP contribution in [0.5, 0.6) is 0 Å². The molecule has 0 unspecified atom stereocenters. The summed E-state index contributed by atoms with van der Waals surface area (Å²) in [5.41, 5.74) is 3.62. The highest BCUT2D eigenvalue weighted by Crippen LogP contribution is 2.34. The fraction of sp³-hybridized carbons (Fsp3) is 0.440. The van der Waals surface area contributed by atoms with Gasteiger partial charge in [0.05, 0.1) is 11.9 Å². The van der Waals surface area contributed by atoms with Crippen molar-refractivity contribution in [1.82, 2.24) is 29.5 Å². The molecule has 0 spiro atoms. The molecular formula is C25H30FN7O2. The standard InChI is InChI=1S/C21H23N7O2.C4H7F/c1-22-18-10-17(26-20-15(21(29)23-2)11-25-28(18)20)16-12-27(13-5-8-30-9-6-13)19-14(16)4-3-7-24-19;5-4-2-1-3-4/h3-4,7,10-13,22H,5-6,8-9H2,1-2H3,(H,23,29);4H,1-3H2. The first-order chi connectivity index (χ1) is 17.1. The number of halogens is 1. The van der Waals surface area contributed by atoms with Crippen LogP contribution in [0.25, 0.3) is 27.9 Å². The molecule has 2 aliphatic rings. The van der Waals surface area contributed by atoms with Crippen LogP contribution in [0, 0.1) is 0 Å². The van der Waals surface area contributed by atoms with Gasteiger partial charge in [-0.25, -0.2) is 14.4 Å². The zero-order valence-corrected chi connectivity index (χ0v) is 20.0. The van der Waals surface area contributed by atoms with E-state index in [1.165, 1.54) is 0 Å². The highest BCUT2D eigenvalue weighted by atomic mass is 19.1. The van der Waals surface area contributed by atoms with E-state index in [9.17, 15) is 9.18 Å². The number of carbonyl (C=O) groups is 1. The van der Waals surface area contributed by atoms with Gasteiger partial charge in [0.15, 0.2) is 5.65 Å². The third-order valence-electron chi connectivity index (χ3n) is 6.68. The maximum absolute atomic E-state index is 12.3. The van der Waals surface area contributed by atoms with Gasteiger partial charge in [0.25, 0.3) is 5.91 Å². The number of fused-ring (bicyclic) bond motifs is 2. The topological polar surface area (TPSA) is 98.4 Å². The summed E-state index contributed by atoms with van der Waals surface area (Å²) in [5, 5.41) is 11.2. The molecule has 1 aliphatic carbocycles. The fourth-order valence-electron chi connectivity index (χ4n) is 4.46. The van der Waals surface area contributed by atoms with Gasteiger partial charge < -0.3 is 19.9 Å². The lowest BCUT2D eigenvalue weighted by Gasteiger charge is -2.24. The summed E-state index contributed by atoms with van der Waals surface area (Å²) in [7, 11) is 3.43. The predicted octanol–water partition coefficient (Wildman–Crippen LogP) is 4.01. The Bertz CT molecular complexity index is 1340. The van der Waals surface area contributed by atoms with Gasteiger partial charge in [-0.05, 0) is 44.2 Å². The number of ether oxygens (including phenoxy) is 1. The van der Waals surface area contributed by atoms with Crippen molar-refractivity contribution in [2.24, 2.45) is 0 Å². The van der Waals surface area contributed by atoms with Crippen LogP contribution in [0.4, 0.5) is 10.2 Å². The minimum atomic E-state index is -0.435. The van der Waals surface area contributed by atoms with Crippen molar-refractivity contribution in [2.75, 3.05) is 32.6 Å². The second-order valence-electron chi connectivity index (χ2n) is 8.85. The molecule has 0 bridgehead atoms. The summed E-state index contributed by atoms with van der Waals surface area (Å²) in [6.07, 6.45) is 9.71. The van der Waals surface area contributed by atoms with Crippen molar-refractivity contribution in [3.8, 4) is 11.3 Å². The Hall–Kier alpha value is -3.53. The van der Waals surface area contributed by atoms with Crippen LogP contribution in [0.15, 0.2) is 36.8 Å². The van der Waals surface area contributed by atoms with E-state index >= 15 is 0 Å². The summed E-state index contributed by atoms with van der Waals surface area (Å²) in [5.74, 6) is 0.531. The first-order valence-electron chi connectivity index (χ1n) is 12.1. The van der Waals surface area contributed by atoms with Crippen molar-refractivity contribution in [1.29, 1.82) is 0 Å². The van der Waals surface area contributed by atoms with Crippen LogP contribution in [-0.4, -0.2) is 63.5 Å². The molecule has 184 valence electrons. The molecule has 5 heterocycles. The van der Waals surface area contributed by atoms with E-state index < -0.39 is 6.17 Å². The second-order valence-corrected chi connectivity index (χ2v) is 8.85. The minimum absolute atomic E-state index is 0.219. The molecule has 1 amide bonds. The summed E-state index contributed by atoms with van der Waals surface area (Å²) in [6.45, 7) is 1.51. The predicted molar refractivity (Wildman–Crippen MR) is 132 cm³/mol. The molecule has 9 nitrogen and oxygen atoms in total. The molecule has 0 aromatic carbocycles. The number of alkyl halides is 1. The number of anilines is 1. The number of hydrogen-bond acceptors (Lipinski definition) is 6. The number of aromatic nitrogens is 5. The Labute approximate surface area is 202 Å². The fourth-order valence-corrected chi connectivity index (χ4v) is 4.46. The average Bonchev–Trinajstić information content (AvgIpc) is 3.49. The number of carbonyl (C=O) groups excluding carboxylic acids is 1. The molecule has 1 saturated carbocycles. The monoisotopic (exact) mass is 479 g/mol. The molecule has 4 aromatic heterocycles. The maximum Gasteiger partial charge on any atom is 0.256 e. The van der Waals surface area contributed by atoms with Crippen LogP contribution in [0.2, 0.25) is 0 Å². The Balaban J connectivity index is 0.000000453. The largest absolute Gasteiger partial charge is 0.381 e. The smallest absolute Gasteiger partial charge is 0.256 e. The first-order valence-corrected chi connectivity index (χ1v) is 12.1. The van der Waals surface area contributed by atoms with Crippen LogP contribution < -0.4 is 10.6 Å². The lowest BCUT2D eigenvalue weighted by Crippen LogP contribution is -2.19. The molecule has 0 radical (unpaired) electrons. The highest BCUT2D eigenvalue weighted by Gasteiger charge is 2.23. The molecule has 1 saturated heterocycles. The van der Waals surface area contributed by atoms with Crippen molar-refractivity contribution in [3.63, 3.8) is 0 Å². The summed E-state index contributed by atoms with van der Waals surface area (Å²) >= 11 is 0. The molecule has 4 aromatic rings. The molecule has 2 N–H and O–H groups in total. The number of nitrogens with one attached hydrogen (secondary N) is 2. The van der Waals surface area contributed by atoms with E-state index in [0.717, 1.165) is 73.4 Å². The molecular weight excluding hydrogens is 449 g/mol. The molecule has 35 heavy (non-hydrogen) atoms. The second kappa shape index (κ2) is 9.99. The molecule has 1 aliphatic heterocycles. The van der Waals surface area contributed by atoms with Crippen molar-refractivity contribution < 1.29 is 13.9 Å². The third kappa shape index (κ3) is 4.45. The van der Waals surface area contributed by atoms with Crippen LogP contribution in [0.3, 0.4) is 0 Å². The lowest BCUT2D eigenvalue weighted by atomic mass is 9.98. The Morgan fingerprint density at radius 1 is 1.17 bits per heavy atom. The van der Waals surface area contributed by atoms with E-state index in [4.69, 9.17) is 9.72 Å². The molecule has 10 heteroatoms. The van der Waals surface area contributed by atoms with Gasteiger partial charge in [-0.2, -0.15) is 9.61 Å². The molecule has 6 rings (SSSR count). The first kappa shape index (κ1) is 23.2. The van der Waals surface area contributed by atoms with Crippen molar-refractivity contribution in [3.05, 3.63) is 42.4 Å². The summed E-state index contributed by atoms with van der Waals surface area (Å²) < 4.78 is 20.9. The van der Waals surface area contributed by atoms with Gasteiger partial charge in [0.2, 0.25) is 0 Å². The number of pyridine rings is 1. The number of rotatable bonds is 4. The van der Waals surface area contributed by atoms with Gasteiger partial charge in [-0.15, -0.1) is 0 Å². The van der Waals surface area contributed by atoms with Gasteiger partial charge in [0, 0.05) is 62.8 Å². The molecule has 2 fully saturated rings. The van der Waals surface area contributed by atoms with Gasteiger partial charge >= 0.3 is 0 Å². The summed E-state index contributed by atoms with van der Waals surface area (Å²) in [6, 6.07) is 6.29. The van der Waals surface area contributed by atoms with Crippen LogP contribution in [-0.2, 0) is 4.74 Å². The Morgan fingerprint density at radius 2 is 1.94 bits per heavy atom. The van der Waals surface area contributed by atoms with Crippen molar-refractivity contribution in [2.45, 2.75) is 44.3 Å². The zero-order valence-electron chi connectivity index (χ0n) is 20.0. The quantitative estimate of drug-likeness (QED) is 0.459. The van der Waals surface area contributed by atoms with E-state index in [0.29, 0.717) is 17.3 Å². The van der Waals surface area contributed by atoms with Crippen molar-refractivity contribution >= 4 is 28.4 Å². The Morgan fingerprint density at radius 3 is 2.60 bits per heavy atom. The van der Waals surface area contributed by atoms with Gasteiger partial charge in [-0.3, -0.25) is 4.79 Å². The maximum atomic E-state index is 12.3. The van der Waals surface area contributed by atoms with Crippen LogP contribution >= 0.6 is 0 Å². The third-order valence-corrected chi connectivity index (χ3v) is 6.68.